The van der Waals surface area contributed by atoms with Crippen LogP contribution >= 0.6 is 23.1 Å². The maximum absolute atomic E-state index is 12.7. The number of aryl methyl sites for hydroxylation is 1. The summed E-state index contributed by atoms with van der Waals surface area (Å²) in [7, 11) is 0. The Kier molecular flexibility index (Phi) is 6.37. The molecule has 0 aromatic carbocycles. The third-order valence-electron chi connectivity index (χ3n) is 4.62. The van der Waals surface area contributed by atoms with Gasteiger partial charge in [-0.2, -0.15) is 13.2 Å². The van der Waals surface area contributed by atoms with Crippen LogP contribution in [0.15, 0.2) is 10.4 Å². The number of aromatic nitrogens is 3. The van der Waals surface area contributed by atoms with Crippen molar-refractivity contribution in [1.29, 1.82) is 0 Å². The number of thioether (sulfide) groups is 1. The number of rotatable bonds is 8. The van der Waals surface area contributed by atoms with Gasteiger partial charge in [-0.3, -0.25) is 14.5 Å². The van der Waals surface area contributed by atoms with Gasteiger partial charge in [-0.05, 0) is 32.8 Å². The second-order valence-corrected chi connectivity index (χ2v) is 9.08. The fraction of sp³-hybridized carbons (Fsp3) is 0.556. The van der Waals surface area contributed by atoms with Crippen molar-refractivity contribution in [3.05, 3.63) is 23.0 Å². The summed E-state index contributed by atoms with van der Waals surface area (Å²) in [6.45, 7) is 3.75. The van der Waals surface area contributed by atoms with E-state index in [1.807, 2.05) is 0 Å². The average Bonchev–Trinajstić information content (AvgIpc) is 3.31. The summed E-state index contributed by atoms with van der Waals surface area (Å²) in [6, 6.07) is 1.67. The molecule has 0 atom stereocenters. The number of amides is 1. The van der Waals surface area contributed by atoms with E-state index in [0.717, 1.165) is 17.4 Å². The van der Waals surface area contributed by atoms with E-state index in [0.29, 0.717) is 27.3 Å². The van der Waals surface area contributed by atoms with E-state index < -0.39 is 12.7 Å². The quantitative estimate of drug-likeness (QED) is 0.342. The van der Waals surface area contributed by atoms with Crippen LogP contribution in [0.5, 0.6) is 0 Å². The van der Waals surface area contributed by atoms with Gasteiger partial charge in [0.15, 0.2) is 10.1 Å². The Balaban J connectivity index is 1.67. The molecule has 1 fully saturated rings. The van der Waals surface area contributed by atoms with E-state index in [1.165, 1.54) is 36.1 Å². The van der Waals surface area contributed by atoms with Crippen LogP contribution in [0.3, 0.4) is 0 Å². The number of anilines is 1. The number of carbonyl (C=O) groups excluding carboxylic acids is 2. The third-order valence-corrected chi connectivity index (χ3v) is 6.68. The molecular formula is C18H21F3N4O2S2. The first-order chi connectivity index (χ1) is 13.6. The first-order valence-corrected chi connectivity index (χ1v) is 11.0. The molecule has 0 aliphatic heterocycles. The lowest BCUT2D eigenvalue weighted by molar-refractivity contribution is -0.141. The van der Waals surface area contributed by atoms with Gasteiger partial charge in [0.1, 0.15) is 6.54 Å². The van der Waals surface area contributed by atoms with Crippen molar-refractivity contribution in [1.82, 2.24) is 14.8 Å². The Labute approximate surface area is 174 Å². The Morgan fingerprint density at radius 1 is 1.31 bits per heavy atom. The number of hydrogen-bond acceptors (Lipinski definition) is 6. The molecule has 0 N–H and O–H groups in total. The zero-order valence-corrected chi connectivity index (χ0v) is 17.9. The Morgan fingerprint density at radius 3 is 2.59 bits per heavy atom. The Hall–Kier alpha value is -1.88. The zero-order chi connectivity index (χ0) is 21.3. The lowest BCUT2D eigenvalue weighted by atomic mass is 10.2. The summed E-state index contributed by atoms with van der Waals surface area (Å²) in [5.41, 5.74) is 0.978. The summed E-state index contributed by atoms with van der Waals surface area (Å²) in [4.78, 5) is 26.4. The molecule has 158 valence electrons. The largest absolute Gasteiger partial charge is 0.406 e. The zero-order valence-electron chi connectivity index (χ0n) is 16.2. The minimum atomic E-state index is -4.35. The molecule has 0 bridgehead atoms. The highest BCUT2D eigenvalue weighted by Gasteiger charge is 2.35. The van der Waals surface area contributed by atoms with Gasteiger partial charge in [0.05, 0.1) is 5.75 Å². The fourth-order valence-corrected chi connectivity index (χ4v) is 4.85. The van der Waals surface area contributed by atoms with Crippen molar-refractivity contribution >= 4 is 39.9 Å². The third kappa shape index (κ3) is 5.19. The smallest absolute Gasteiger partial charge is 0.339 e. The highest BCUT2D eigenvalue weighted by atomic mass is 32.2. The molecule has 6 nitrogen and oxygen atoms in total. The summed E-state index contributed by atoms with van der Waals surface area (Å²) in [5, 5.41) is 8.67. The molecule has 0 unspecified atom stereocenters. The molecule has 2 heterocycles. The topological polar surface area (TPSA) is 68.1 Å². The van der Waals surface area contributed by atoms with Gasteiger partial charge in [-0.1, -0.05) is 30.0 Å². The SMILES string of the molecule is CCC(=O)N(c1nnc(SCC(=O)c2cc(C)n(CC(F)(F)F)c2C)s1)C1CC1. The van der Waals surface area contributed by atoms with Crippen molar-refractivity contribution in [3.63, 3.8) is 0 Å². The number of hydrogen-bond donors (Lipinski definition) is 0. The number of ketones is 1. The summed E-state index contributed by atoms with van der Waals surface area (Å²) in [6.07, 6.45) is -2.08. The minimum absolute atomic E-state index is 0.00613. The monoisotopic (exact) mass is 446 g/mol. The van der Waals surface area contributed by atoms with E-state index in [9.17, 15) is 22.8 Å². The fourth-order valence-electron chi connectivity index (χ4n) is 3.04. The normalized spacial score (nSPS) is 14.3. The van der Waals surface area contributed by atoms with Gasteiger partial charge in [0.25, 0.3) is 0 Å². The van der Waals surface area contributed by atoms with Gasteiger partial charge >= 0.3 is 6.18 Å². The molecule has 11 heteroatoms. The van der Waals surface area contributed by atoms with Gasteiger partial charge in [-0.25, -0.2) is 0 Å². The van der Waals surface area contributed by atoms with Crippen molar-refractivity contribution in [3.8, 4) is 0 Å². The summed E-state index contributed by atoms with van der Waals surface area (Å²) >= 11 is 2.43. The molecule has 1 aliphatic carbocycles. The predicted octanol–water partition coefficient (Wildman–Crippen LogP) is 4.40. The van der Waals surface area contributed by atoms with Gasteiger partial charge < -0.3 is 4.57 Å². The molecule has 29 heavy (non-hydrogen) atoms. The van der Waals surface area contributed by atoms with E-state index in [1.54, 1.807) is 18.7 Å². The molecule has 0 saturated heterocycles. The lowest BCUT2D eigenvalue weighted by Gasteiger charge is -2.17. The number of Topliss-reactive ketones (excluding diaryl/α,β-unsaturated/α-hetero) is 1. The molecule has 1 aliphatic rings. The first-order valence-electron chi connectivity index (χ1n) is 9.15. The number of alkyl halides is 3. The number of carbonyl (C=O) groups is 2. The minimum Gasteiger partial charge on any atom is -0.339 e. The second kappa shape index (κ2) is 8.47. The molecule has 0 radical (unpaired) electrons. The van der Waals surface area contributed by atoms with Crippen LogP contribution < -0.4 is 4.90 Å². The second-order valence-electron chi connectivity index (χ2n) is 6.90. The molecule has 1 amide bonds. The molecule has 2 aromatic heterocycles. The van der Waals surface area contributed by atoms with E-state index in [2.05, 4.69) is 10.2 Å². The van der Waals surface area contributed by atoms with Crippen molar-refractivity contribution in [2.45, 2.75) is 63.1 Å². The summed E-state index contributed by atoms with van der Waals surface area (Å²) < 4.78 is 39.9. The van der Waals surface area contributed by atoms with Gasteiger partial charge in [0, 0.05) is 29.4 Å². The van der Waals surface area contributed by atoms with E-state index in [-0.39, 0.29) is 29.0 Å². The highest BCUT2D eigenvalue weighted by Crippen LogP contribution is 2.36. The Bertz CT molecular complexity index is 919. The van der Waals surface area contributed by atoms with Crippen molar-refractivity contribution in [2.24, 2.45) is 0 Å². The van der Waals surface area contributed by atoms with Crippen molar-refractivity contribution in [2.75, 3.05) is 10.7 Å². The van der Waals surface area contributed by atoms with Crippen LogP contribution in [0, 0.1) is 13.8 Å². The molecule has 1 saturated carbocycles. The highest BCUT2D eigenvalue weighted by molar-refractivity contribution is 8.01. The average molecular weight is 447 g/mol. The van der Waals surface area contributed by atoms with Crippen molar-refractivity contribution < 1.29 is 22.8 Å². The molecular weight excluding hydrogens is 425 g/mol. The van der Waals surface area contributed by atoms with Crippen LogP contribution in [0.1, 0.15) is 47.9 Å². The molecule has 3 rings (SSSR count). The van der Waals surface area contributed by atoms with Crippen LogP contribution in [0.25, 0.3) is 0 Å². The van der Waals surface area contributed by atoms with Gasteiger partial charge in [-0.15, -0.1) is 10.2 Å². The Morgan fingerprint density at radius 2 is 2.00 bits per heavy atom. The summed E-state index contributed by atoms with van der Waals surface area (Å²) in [5.74, 6) is -0.235. The molecule has 0 spiro atoms. The first kappa shape index (κ1) is 21.8. The van der Waals surface area contributed by atoms with Crippen LogP contribution in [-0.2, 0) is 11.3 Å². The van der Waals surface area contributed by atoms with E-state index in [4.69, 9.17) is 0 Å². The number of halogens is 3. The lowest BCUT2D eigenvalue weighted by Crippen LogP contribution is -2.32. The maximum atomic E-state index is 12.7. The molecule has 2 aromatic rings. The maximum Gasteiger partial charge on any atom is 0.406 e. The number of nitrogens with zero attached hydrogens (tertiary/aromatic N) is 4. The predicted molar refractivity (Wildman–Crippen MR) is 106 cm³/mol. The van der Waals surface area contributed by atoms with Gasteiger partial charge in [0.2, 0.25) is 11.0 Å². The van der Waals surface area contributed by atoms with Crippen LogP contribution in [0.4, 0.5) is 18.3 Å². The van der Waals surface area contributed by atoms with Crippen LogP contribution in [0.2, 0.25) is 0 Å². The van der Waals surface area contributed by atoms with Crippen LogP contribution in [-0.4, -0.2) is 44.4 Å². The van der Waals surface area contributed by atoms with E-state index >= 15 is 0 Å². The standard InChI is InChI=1S/C18H21F3N4O2S2/c1-4-15(27)25(12-5-6-12)16-22-23-17(29-16)28-8-14(26)13-7-10(2)24(11(13)3)9-18(19,20)21/h7,12H,4-6,8-9H2,1-3H3.